The van der Waals surface area contributed by atoms with Gasteiger partial charge in [-0.3, -0.25) is 4.79 Å². The average molecular weight is 489 g/mol. The molecule has 1 amide bonds. The molecule has 0 aliphatic rings. The van der Waals surface area contributed by atoms with E-state index in [1.807, 2.05) is 0 Å². The first-order valence-electron chi connectivity index (χ1n) is 9.51. The lowest BCUT2D eigenvalue weighted by Gasteiger charge is -2.19. The minimum absolute atomic E-state index is 0.370. The molecule has 3 aromatic carbocycles. The maximum absolute atomic E-state index is 12.7. The molecule has 0 aliphatic carbocycles. The van der Waals surface area contributed by atoms with Crippen molar-refractivity contribution in [3.63, 3.8) is 0 Å². The largest absolute Gasteiger partial charge is 0.482 e. The van der Waals surface area contributed by atoms with E-state index >= 15 is 0 Å². The fraction of sp³-hybridized carbons (Fsp3) is 0.0870. The van der Waals surface area contributed by atoms with Crippen LogP contribution in [-0.2, 0) is 9.59 Å². The van der Waals surface area contributed by atoms with Crippen molar-refractivity contribution in [2.24, 2.45) is 5.10 Å². The number of carboxylic acid groups (broad SMARTS) is 1. The average Bonchev–Trinajstić information content (AvgIpc) is 2.81. The molecule has 3 rings (SSSR count). The molecular weight excluding hydrogens is 471 g/mol. The highest BCUT2D eigenvalue weighted by Crippen LogP contribution is 2.20. The Morgan fingerprint density at radius 3 is 1.82 bits per heavy atom. The molecule has 0 heterocycles. The second-order valence-corrected chi connectivity index (χ2v) is 7.33. The summed E-state index contributed by atoms with van der Waals surface area (Å²) in [5.74, 6) is -0.590. The third kappa shape index (κ3) is 8.03. The van der Waals surface area contributed by atoms with Crippen LogP contribution >= 0.6 is 23.2 Å². The summed E-state index contributed by atoms with van der Waals surface area (Å²) in [5.41, 5.74) is 3.01. The molecule has 2 N–H and O–H groups in total. The highest BCUT2D eigenvalue weighted by atomic mass is 35.5. The first kappa shape index (κ1) is 23.9. The summed E-state index contributed by atoms with van der Waals surface area (Å²) < 4.78 is 16.4. The maximum atomic E-state index is 12.7. The number of halogens is 2. The Kier molecular flexibility index (Phi) is 8.51. The zero-order chi connectivity index (χ0) is 23.6. The van der Waals surface area contributed by atoms with Gasteiger partial charge < -0.3 is 19.3 Å². The topological polar surface area (TPSA) is 106 Å². The summed E-state index contributed by atoms with van der Waals surface area (Å²) in [4.78, 5) is 23.2. The van der Waals surface area contributed by atoms with Crippen LogP contribution in [0.15, 0.2) is 77.9 Å². The standard InChI is InChI=1S/C23H18Cl2N2O6/c24-16-3-9-19(10-4-16)32-23(33-20-11-5-17(25)6-12-20)22(30)27-26-13-15-1-7-18(8-2-15)31-14-21(28)29/h1-13,23H,14H2,(H,27,30)(H,28,29). The maximum Gasteiger partial charge on any atom is 0.341 e. The molecule has 10 heteroatoms. The summed E-state index contributed by atoms with van der Waals surface area (Å²) in [6.45, 7) is -0.438. The zero-order valence-electron chi connectivity index (χ0n) is 17.0. The lowest BCUT2D eigenvalue weighted by atomic mass is 10.2. The number of carbonyl (C=O) groups is 2. The van der Waals surface area contributed by atoms with E-state index in [1.54, 1.807) is 72.8 Å². The van der Waals surface area contributed by atoms with Crippen LogP contribution in [0.25, 0.3) is 0 Å². The minimum atomic E-state index is -1.35. The fourth-order valence-corrected chi connectivity index (χ4v) is 2.67. The van der Waals surface area contributed by atoms with Crippen molar-refractivity contribution in [3.8, 4) is 17.2 Å². The summed E-state index contributed by atoms with van der Waals surface area (Å²) in [6, 6.07) is 19.4. The number of rotatable bonds is 10. The van der Waals surface area contributed by atoms with Gasteiger partial charge in [0.2, 0.25) is 0 Å². The predicted octanol–water partition coefficient (Wildman–Crippen LogP) is 4.39. The summed E-state index contributed by atoms with van der Waals surface area (Å²) in [5, 5.41) is 13.6. The van der Waals surface area contributed by atoms with E-state index in [0.29, 0.717) is 32.9 Å². The van der Waals surface area contributed by atoms with Gasteiger partial charge in [0.05, 0.1) is 6.21 Å². The van der Waals surface area contributed by atoms with Crippen LogP contribution in [0.4, 0.5) is 0 Å². The molecule has 0 aliphatic heterocycles. The van der Waals surface area contributed by atoms with Crippen LogP contribution in [0.2, 0.25) is 10.0 Å². The number of aliphatic carboxylic acids is 1. The summed E-state index contributed by atoms with van der Waals surface area (Å²) >= 11 is 11.8. The molecular formula is C23H18Cl2N2O6. The Balaban J connectivity index is 1.65. The number of ether oxygens (including phenoxy) is 3. The molecule has 3 aromatic rings. The van der Waals surface area contributed by atoms with Crippen LogP contribution < -0.4 is 19.6 Å². The van der Waals surface area contributed by atoms with Crippen molar-refractivity contribution < 1.29 is 28.9 Å². The highest BCUT2D eigenvalue weighted by Gasteiger charge is 2.22. The van der Waals surface area contributed by atoms with Gasteiger partial charge in [-0.1, -0.05) is 23.2 Å². The number of nitrogens with zero attached hydrogens (tertiary/aromatic N) is 1. The smallest absolute Gasteiger partial charge is 0.341 e. The van der Waals surface area contributed by atoms with Gasteiger partial charge in [0.15, 0.2) is 6.61 Å². The first-order chi connectivity index (χ1) is 15.9. The quantitative estimate of drug-likeness (QED) is 0.249. The van der Waals surface area contributed by atoms with Crippen molar-refractivity contribution >= 4 is 41.3 Å². The van der Waals surface area contributed by atoms with Gasteiger partial charge in [0.1, 0.15) is 17.2 Å². The third-order valence-corrected chi connectivity index (χ3v) is 4.46. The Hall–Kier alpha value is -3.75. The van der Waals surface area contributed by atoms with Gasteiger partial charge in [-0.05, 0) is 78.4 Å². The minimum Gasteiger partial charge on any atom is -0.482 e. The summed E-state index contributed by atoms with van der Waals surface area (Å²) in [6.07, 6.45) is 0.0526. The van der Waals surface area contributed by atoms with Crippen molar-refractivity contribution in [3.05, 3.63) is 88.4 Å². The summed E-state index contributed by atoms with van der Waals surface area (Å²) in [7, 11) is 0. The first-order valence-corrected chi connectivity index (χ1v) is 10.3. The van der Waals surface area contributed by atoms with E-state index in [1.165, 1.54) is 6.21 Å². The second-order valence-electron chi connectivity index (χ2n) is 6.46. The molecule has 170 valence electrons. The van der Waals surface area contributed by atoms with Crippen LogP contribution in [0.1, 0.15) is 5.56 Å². The number of nitrogens with one attached hydrogen (secondary N) is 1. The van der Waals surface area contributed by atoms with Gasteiger partial charge in [-0.25, -0.2) is 10.2 Å². The Bertz CT molecular complexity index is 1060. The number of hydrazone groups is 1. The fourth-order valence-electron chi connectivity index (χ4n) is 2.42. The highest BCUT2D eigenvalue weighted by molar-refractivity contribution is 6.30. The molecule has 8 nitrogen and oxygen atoms in total. The number of hydrogen-bond acceptors (Lipinski definition) is 6. The Labute approximate surface area is 199 Å². The zero-order valence-corrected chi connectivity index (χ0v) is 18.5. The van der Waals surface area contributed by atoms with Crippen LogP contribution in [-0.4, -0.2) is 36.1 Å². The molecule has 0 radical (unpaired) electrons. The second kappa shape index (κ2) is 11.8. The van der Waals surface area contributed by atoms with Crippen LogP contribution in [0.3, 0.4) is 0 Å². The Morgan fingerprint density at radius 1 is 0.848 bits per heavy atom. The molecule has 0 saturated heterocycles. The van der Waals surface area contributed by atoms with E-state index < -0.39 is 24.8 Å². The normalized spacial score (nSPS) is 10.8. The van der Waals surface area contributed by atoms with Crippen molar-refractivity contribution in [1.82, 2.24) is 5.43 Å². The van der Waals surface area contributed by atoms with Gasteiger partial charge in [-0.15, -0.1) is 0 Å². The number of hydrogen-bond donors (Lipinski definition) is 2. The van der Waals surface area contributed by atoms with Crippen molar-refractivity contribution in [2.75, 3.05) is 6.61 Å². The number of carboxylic acids is 1. The third-order valence-electron chi connectivity index (χ3n) is 3.96. The SMILES string of the molecule is O=C(O)COc1ccc(C=NNC(=O)C(Oc2ccc(Cl)cc2)Oc2ccc(Cl)cc2)cc1. The van der Waals surface area contributed by atoms with Gasteiger partial charge >= 0.3 is 18.2 Å². The molecule has 0 fully saturated rings. The van der Waals surface area contributed by atoms with E-state index in [2.05, 4.69) is 10.5 Å². The lowest BCUT2D eigenvalue weighted by Crippen LogP contribution is -2.40. The van der Waals surface area contributed by atoms with Gasteiger partial charge in [0.25, 0.3) is 0 Å². The molecule has 0 bridgehead atoms. The lowest BCUT2D eigenvalue weighted by molar-refractivity contribution is -0.140. The van der Waals surface area contributed by atoms with Crippen molar-refractivity contribution in [1.29, 1.82) is 0 Å². The van der Waals surface area contributed by atoms with Gasteiger partial charge in [-0.2, -0.15) is 5.10 Å². The van der Waals surface area contributed by atoms with E-state index in [4.69, 9.17) is 42.5 Å². The van der Waals surface area contributed by atoms with Crippen LogP contribution in [0.5, 0.6) is 17.2 Å². The molecule has 0 unspecified atom stereocenters. The van der Waals surface area contributed by atoms with Crippen LogP contribution in [0, 0.1) is 0 Å². The molecule has 33 heavy (non-hydrogen) atoms. The number of benzene rings is 3. The molecule has 0 atom stereocenters. The van der Waals surface area contributed by atoms with E-state index in [9.17, 15) is 9.59 Å². The molecule has 0 saturated carbocycles. The molecule has 0 aromatic heterocycles. The predicted molar refractivity (Wildman–Crippen MR) is 123 cm³/mol. The molecule has 0 spiro atoms. The van der Waals surface area contributed by atoms with Crippen molar-refractivity contribution in [2.45, 2.75) is 6.29 Å². The van der Waals surface area contributed by atoms with E-state index in [0.717, 1.165) is 0 Å². The van der Waals surface area contributed by atoms with Gasteiger partial charge in [0, 0.05) is 10.0 Å². The Morgan fingerprint density at radius 2 is 1.33 bits per heavy atom. The number of carbonyl (C=O) groups excluding carboxylic acids is 1. The number of amides is 1. The van der Waals surface area contributed by atoms with E-state index in [-0.39, 0.29) is 0 Å². The monoisotopic (exact) mass is 488 g/mol.